The molecule has 16 heavy (non-hydrogen) atoms. The monoisotopic (exact) mass is 242 g/mol. The Labute approximate surface area is 99.7 Å². The number of carboxylic acids is 1. The van der Waals surface area contributed by atoms with E-state index in [2.05, 4.69) is 17.2 Å². The van der Waals surface area contributed by atoms with Gasteiger partial charge in [-0.1, -0.05) is 26.7 Å². The molecule has 0 bridgehead atoms. The maximum Gasteiger partial charge on any atom is 0.326 e. The molecule has 4 nitrogen and oxygen atoms in total. The number of nitrogens with zero attached hydrogens (tertiary/aromatic N) is 1. The van der Waals surface area contributed by atoms with E-state index in [-0.39, 0.29) is 0 Å². The van der Waals surface area contributed by atoms with Crippen molar-refractivity contribution in [1.82, 2.24) is 4.98 Å². The fraction of sp³-hybridized carbons (Fsp3) is 0.636. The molecule has 0 saturated carbocycles. The van der Waals surface area contributed by atoms with Gasteiger partial charge < -0.3 is 10.4 Å². The molecule has 1 unspecified atom stereocenters. The van der Waals surface area contributed by atoms with Crippen molar-refractivity contribution in [3.05, 3.63) is 11.1 Å². The number of rotatable bonds is 7. The highest BCUT2D eigenvalue weighted by Gasteiger charge is 2.17. The van der Waals surface area contributed by atoms with Crippen LogP contribution in [-0.4, -0.2) is 22.1 Å². The summed E-state index contributed by atoms with van der Waals surface area (Å²) in [7, 11) is 0. The number of hydrogen-bond acceptors (Lipinski definition) is 4. The lowest BCUT2D eigenvalue weighted by Gasteiger charge is -2.12. The van der Waals surface area contributed by atoms with Crippen LogP contribution in [0.4, 0.5) is 5.13 Å². The van der Waals surface area contributed by atoms with Gasteiger partial charge in [0.2, 0.25) is 0 Å². The first-order chi connectivity index (χ1) is 7.67. The molecule has 0 radical (unpaired) electrons. The third-order valence-corrected chi connectivity index (χ3v) is 3.18. The van der Waals surface area contributed by atoms with Crippen molar-refractivity contribution >= 4 is 22.4 Å². The van der Waals surface area contributed by atoms with Crippen molar-refractivity contribution in [3.8, 4) is 0 Å². The first-order valence-corrected chi connectivity index (χ1v) is 6.49. The van der Waals surface area contributed by atoms with E-state index in [4.69, 9.17) is 5.11 Å². The van der Waals surface area contributed by atoms with Crippen molar-refractivity contribution < 1.29 is 9.90 Å². The fourth-order valence-electron chi connectivity index (χ4n) is 1.35. The lowest BCUT2D eigenvalue weighted by molar-refractivity contribution is -0.138. The molecule has 0 aliphatic heterocycles. The largest absolute Gasteiger partial charge is 0.480 e. The minimum Gasteiger partial charge on any atom is -0.480 e. The van der Waals surface area contributed by atoms with Gasteiger partial charge in [0.05, 0.1) is 5.69 Å². The molecule has 90 valence electrons. The van der Waals surface area contributed by atoms with E-state index in [9.17, 15) is 4.79 Å². The molecular formula is C11H18N2O2S. The molecular weight excluding hydrogens is 224 g/mol. The zero-order chi connectivity index (χ0) is 12.0. The Morgan fingerprint density at radius 3 is 2.88 bits per heavy atom. The van der Waals surface area contributed by atoms with Crippen molar-refractivity contribution in [1.29, 1.82) is 0 Å². The molecule has 0 amide bonds. The number of carbonyl (C=O) groups is 1. The van der Waals surface area contributed by atoms with E-state index < -0.39 is 12.0 Å². The number of aromatic nitrogens is 1. The van der Waals surface area contributed by atoms with Crippen molar-refractivity contribution in [2.45, 2.75) is 45.6 Å². The quantitative estimate of drug-likeness (QED) is 0.771. The number of aliphatic carboxylic acids is 1. The molecule has 1 heterocycles. The van der Waals surface area contributed by atoms with Crippen molar-refractivity contribution in [3.63, 3.8) is 0 Å². The molecule has 1 aromatic heterocycles. The van der Waals surface area contributed by atoms with Crippen molar-refractivity contribution in [2.24, 2.45) is 0 Å². The standard InChI is InChI=1S/C11H18N2O2S/c1-3-5-6-9(10(14)15)13-11-12-8(4-2)7-16-11/h7,9H,3-6H2,1-2H3,(H,12,13)(H,14,15). The van der Waals surface area contributed by atoms with Gasteiger partial charge in [-0.15, -0.1) is 11.3 Å². The summed E-state index contributed by atoms with van der Waals surface area (Å²) < 4.78 is 0. The second-order valence-electron chi connectivity index (χ2n) is 3.67. The summed E-state index contributed by atoms with van der Waals surface area (Å²) in [5.41, 5.74) is 1.01. The Morgan fingerprint density at radius 1 is 1.62 bits per heavy atom. The van der Waals surface area contributed by atoms with E-state index in [1.165, 1.54) is 11.3 Å². The second-order valence-corrected chi connectivity index (χ2v) is 4.53. The number of anilines is 1. The fourth-order valence-corrected chi connectivity index (χ4v) is 2.20. The summed E-state index contributed by atoms with van der Waals surface area (Å²) in [6.45, 7) is 4.09. The summed E-state index contributed by atoms with van der Waals surface area (Å²) in [6, 6.07) is -0.518. The number of carboxylic acid groups (broad SMARTS) is 1. The van der Waals surface area contributed by atoms with Crippen LogP contribution in [-0.2, 0) is 11.2 Å². The number of nitrogens with one attached hydrogen (secondary N) is 1. The summed E-state index contributed by atoms with van der Waals surface area (Å²) in [5.74, 6) is -0.804. The Balaban J connectivity index is 2.56. The normalized spacial score (nSPS) is 12.4. The average Bonchev–Trinajstić information content (AvgIpc) is 2.71. The molecule has 0 spiro atoms. The first kappa shape index (κ1) is 13.0. The summed E-state index contributed by atoms with van der Waals surface area (Å²) in [4.78, 5) is 15.3. The zero-order valence-electron chi connectivity index (χ0n) is 9.69. The number of thiazole rings is 1. The smallest absolute Gasteiger partial charge is 0.326 e. The van der Waals surface area contributed by atoms with E-state index in [0.29, 0.717) is 11.6 Å². The Morgan fingerprint density at radius 2 is 2.38 bits per heavy atom. The molecule has 0 saturated heterocycles. The first-order valence-electron chi connectivity index (χ1n) is 5.61. The van der Waals surface area contributed by atoms with Crippen LogP contribution in [0.2, 0.25) is 0 Å². The Hall–Kier alpha value is -1.10. The summed E-state index contributed by atoms with van der Waals surface area (Å²) in [5, 5.41) is 14.7. The minimum atomic E-state index is -0.804. The van der Waals surface area contributed by atoms with E-state index in [0.717, 1.165) is 25.0 Å². The maximum absolute atomic E-state index is 11.0. The second kappa shape index (κ2) is 6.48. The van der Waals surface area contributed by atoms with Gasteiger partial charge in [-0.25, -0.2) is 9.78 Å². The van der Waals surface area contributed by atoms with Crippen LogP contribution in [0.25, 0.3) is 0 Å². The molecule has 1 rings (SSSR count). The van der Waals surface area contributed by atoms with Gasteiger partial charge in [0.25, 0.3) is 0 Å². The van der Waals surface area contributed by atoms with Crippen LogP contribution in [0.1, 0.15) is 38.8 Å². The molecule has 1 atom stereocenters. The number of unbranched alkanes of at least 4 members (excludes halogenated alkanes) is 1. The van der Waals surface area contributed by atoms with E-state index in [1.807, 2.05) is 12.3 Å². The topological polar surface area (TPSA) is 62.2 Å². The lowest BCUT2D eigenvalue weighted by atomic mass is 10.1. The highest BCUT2D eigenvalue weighted by atomic mass is 32.1. The third-order valence-electron chi connectivity index (χ3n) is 2.36. The molecule has 0 fully saturated rings. The van der Waals surface area contributed by atoms with Crippen LogP contribution < -0.4 is 5.32 Å². The van der Waals surface area contributed by atoms with Crippen LogP contribution in [0.15, 0.2) is 5.38 Å². The molecule has 0 aromatic carbocycles. The SMILES string of the molecule is CCCCC(Nc1nc(CC)cs1)C(=O)O. The Bertz CT molecular complexity index is 338. The predicted molar refractivity (Wildman–Crippen MR) is 66.1 cm³/mol. The average molecular weight is 242 g/mol. The van der Waals surface area contributed by atoms with Gasteiger partial charge in [0, 0.05) is 5.38 Å². The van der Waals surface area contributed by atoms with Gasteiger partial charge >= 0.3 is 5.97 Å². The molecule has 2 N–H and O–H groups in total. The summed E-state index contributed by atoms with van der Waals surface area (Å²) in [6.07, 6.45) is 3.44. The summed E-state index contributed by atoms with van der Waals surface area (Å²) >= 11 is 1.47. The minimum absolute atomic E-state index is 0.518. The molecule has 1 aromatic rings. The van der Waals surface area contributed by atoms with E-state index in [1.54, 1.807) is 0 Å². The lowest BCUT2D eigenvalue weighted by Crippen LogP contribution is -2.29. The van der Waals surface area contributed by atoms with Crippen LogP contribution in [0.3, 0.4) is 0 Å². The van der Waals surface area contributed by atoms with Gasteiger partial charge in [-0.05, 0) is 12.8 Å². The highest BCUT2D eigenvalue weighted by molar-refractivity contribution is 7.13. The number of hydrogen-bond donors (Lipinski definition) is 2. The van der Waals surface area contributed by atoms with Crippen LogP contribution in [0.5, 0.6) is 0 Å². The van der Waals surface area contributed by atoms with Gasteiger partial charge in [0.15, 0.2) is 5.13 Å². The maximum atomic E-state index is 11.0. The van der Waals surface area contributed by atoms with Crippen LogP contribution >= 0.6 is 11.3 Å². The third kappa shape index (κ3) is 3.81. The highest BCUT2D eigenvalue weighted by Crippen LogP contribution is 2.18. The molecule has 0 aliphatic rings. The predicted octanol–water partition coefficient (Wildman–Crippen LogP) is 2.76. The number of aryl methyl sites for hydroxylation is 1. The molecule has 5 heteroatoms. The Kier molecular flexibility index (Phi) is 5.25. The van der Waals surface area contributed by atoms with Crippen molar-refractivity contribution in [2.75, 3.05) is 5.32 Å². The van der Waals surface area contributed by atoms with E-state index >= 15 is 0 Å². The van der Waals surface area contributed by atoms with Gasteiger partial charge in [-0.3, -0.25) is 0 Å². The van der Waals surface area contributed by atoms with Gasteiger partial charge in [0.1, 0.15) is 6.04 Å². The van der Waals surface area contributed by atoms with Gasteiger partial charge in [-0.2, -0.15) is 0 Å². The molecule has 0 aliphatic carbocycles. The van der Waals surface area contributed by atoms with Crippen LogP contribution in [0, 0.1) is 0 Å². The zero-order valence-corrected chi connectivity index (χ0v) is 10.5.